The second-order valence-electron chi connectivity index (χ2n) is 10.2. The van der Waals surface area contributed by atoms with E-state index in [4.69, 9.17) is 13.9 Å². The number of hydrogen-bond acceptors (Lipinski definition) is 7. The van der Waals surface area contributed by atoms with Crippen LogP contribution < -0.4 is 14.8 Å². The van der Waals surface area contributed by atoms with Crippen molar-refractivity contribution in [2.75, 3.05) is 45.9 Å². The largest absolute Gasteiger partial charge is 0.492 e. The van der Waals surface area contributed by atoms with Gasteiger partial charge in [0.1, 0.15) is 35.2 Å². The number of benzene rings is 2. The van der Waals surface area contributed by atoms with E-state index in [1.54, 1.807) is 6.20 Å². The van der Waals surface area contributed by atoms with Crippen LogP contribution in [0.5, 0.6) is 17.2 Å². The van der Waals surface area contributed by atoms with Crippen LogP contribution in [0.15, 0.2) is 53.1 Å². The van der Waals surface area contributed by atoms with Crippen LogP contribution >= 0.6 is 0 Å². The molecule has 2 aliphatic rings. The fourth-order valence-electron chi connectivity index (χ4n) is 5.06. The van der Waals surface area contributed by atoms with Crippen LogP contribution in [0.3, 0.4) is 0 Å². The van der Waals surface area contributed by atoms with Crippen LogP contribution in [0.1, 0.15) is 35.9 Å². The highest BCUT2D eigenvalue weighted by Gasteiger charge is 2.27. The van der Waals surface area contributed by atoms with E-state index >= 15 is 0 Å². The number of ether oxygens (including phenoxy) is 2. The van der Waals surface area contributed by atoms with E-state index in [9.17, 15) is 4.79 Å². The molecule has 3 heterocycles. The summed E-state index contributed by atoms with van der Waals surface area (Å²) >= 11 is 0. The van der Waals surface area contributed by atoms with Crippen LogP contribution in [0.2, 0.25) is 0 Å². The van der Waals surface area contributed by atoms with E-state index in [-0.39, 0.29) is 5.91 Å². The van der Waals surface area contributed by atoms with Gasteiger partial charge in [-0.15, -0.1) is 0 Å². The number of aryl methyl sites for hydroxylation is 1. The average molecular weight is 515 g/mol. The summed E-state index contributed by atoms with van der Waals surface area (Å²) in [4.78, 5) is 22.2. The van der Waals surface area contributed by atoms with Crippen LogP contribution in [-0.4, -0.2) is 72.6 Å². The summed E-state index contributed by atoms with van der Waals surface area (Å²) in [5.74, 6) is 2.68. The second kappa shape index (κ2) is 10.6. The molecular weight excluding hydrogens is 480 g/mol. The minimum absolute atomic E-state index is 0.0744. The van der Waals surface area contributed by atoms with Gasteiger partial charge in [0.15, 0.2) is 0 Å². The number of rotatable bonds is 9. The van der Waals surface area contributed by atoms with Gasteiger partial charge < -0.3 is 24.1 Å². The van der Waals surface area contributed by atoms with Gasteiger partial charge in [-0.2, -0.15) is 0 Å². The van der Waals surface area contributed by atoms with Gasteiger partial charge in [-0.3, -0.25) is 14.7 Å². The number of furan rings is 1. The molecule has 1 N–H and O–H groups in total. The molecule has 8 heteroatoms. The van der Waals surface area contributed by atoms with Crippen molar-refractivity contribution in [2.45, 2.75) is 32.7 Å². The number of likely N-dealkylation sites (N-methyl/N-ethyl adjacent to an activating group) is 1. The third kappa shape index (κ3) is 5.33. The van der Waals surface area contributed by atoms with E-state index in [2.05, 4.69) is 27.0 Å². The van der Waals surface area contributed by atoms with Crippen molar-refractivity contribution in [1.29, 1.82) is 0 Å². The van der Waals surface area contributed by atoms with Gasteiger partial charge in [0, 0.05) is 67.9 Å². The second-order valence-corrected chi connectivity index (χ2v) is 10.2. The van der Waals surface area contributed by atoms with Crippen molar-refractivity contribution < 1.29 is 18.7 Å². The van der Waals surface area contributed by atoms with Gasteiger partial charge >= 0.3 is 0 Å². The first-order valence-corrected chi connectivity index (χ1v) is 13.6. The average Bonchev–Trinajstić information content (AvgIpc) is 3.68. The maximum absolute atomic E-state index is 12.7. The van der Waals surface area contributed by atoms with E-state index in [0.29, 0.717) is 41.1 Å². The summed E-state index contributed by atoms with van der Waals surface area (Å²) in [6.45, 7) is 11.2. The topological polar surface area (TPSA) is 80.1 Å². The zero-order valence-corrected chi connectivity index (χ0v) is 22.0. The fraction of sp³-hybridized carbons (Fsp3) is 0.400. The van der Waals surface area contributed by atoms with Crippen molar-refractivity contribution in [2.24, 2.45) is 0 Å². The standard InChI is InChI=1S/C30H34N4O4/c1-3-33-12-14-34(15-13-33)16-17-36-22-6-8-24-26(18-22)31-11-10-27(24)38-23-7-9-25-28(19-23)37-20(2)29(25)30(35)32-21-4-5-21/h6-11,18-19,21H,3-5,12-17H2,1-2H3,(H,32,35). The zero-order valence-electron chi connectivity index (χ0n) is 22.0. The molecule has 1 saturated heterocycles. The fourth-order valence-corrected chi connectivity index (χ4v) is 5.06. The minimum atomic E-state index is -0.0744. The molecule has 38 heavy (non-hydrogen) atoms. The Morgan fingerprint density at radius 2 is 1.79 bits per heavy atom. The third-order valence-corrected chi connectivity index (χ3v) is 7.47. The zero-order chi connectivity index (χ0) is 26.1. The summed E-state index contributed by atoms with van der Waals surface area (Å²) in [6, 6.07) is 13.7. The predicted octanol–water partition coefficient (Wildman–Crippen LogP) is 4.99. The lowest BCUT2D eigenvalue weighted by Gasteiger charge is -2.33. The van der Waals surface area contributed by atoms with Crippen molar-refractivity contribution >= 4 is 27.8 Å². The molecule has 2 aromatic carbocycles. The molecule has 0 unspecified atom stereocenters. The highest BCUT2D eigenvalue weighted by atomic mass is 16.5. The van der Waals surface area contributed by atoms with Crippen LogP contribution in [0.25, 0.3) is 21.9 Å². The number of carbonyl (C=O) groups is 1. The molecule has 2 fully saturated rings. The van der Waals surface area contributed by atoms with E-state index in [1.165, 1.54) is 0 Å². The third-order valence-electron chi connectivity index (χ3n) is 7.47. The normalized spacial score (nSPS) is 16.7. The molecule has 0 bridgehead atoms. The Bertz CT molecular complexity index is 1450. The molecule has 0 radical (unpaired) electrons. The molecular formula is C30H34N4O4. The van der Waals surface area contributed by atoms with Crippen molar-refractivity contribution in [1.82, 2.24) is 20.1 Å². The van der Waals surface area contributed by atoms with Gasteiger partial charge in [-0.1, -0.05) is 6.92 Å². The number of fused-ring (bicyclic) bond motifs is 2. The lowest BCUT2D eigenvalue weighted by molar-refractivity contribution is 0.0951. The highest BCUT2D eigenvalue weighted by Crippen LogP contribution is 2.34. The molecule has 198 valence electrons. The van der Waals surface area contributed by atoms with Crippen molar-refractivity contribution in [3.63, 3.8) is 0 Å². The first-order chi connectivity index (χ1) is 18.6. The molecule has 1 aliphatic carbocycles. The maximum Gasteiger partial charge on any atom is 0.255 e. The Morgan fingerprint density at radius 3 is 2.58 bits per heavy atom. The Kier molecular flexibility index (Phi) is 6.91. The predicted molar refractivity (Wildman–Crippen MR) is 147 cm³/mol. The summed E-state index contributed by atoms with van der Waals surface area (Å²) in [5.41, 5.74) is 2.04. The molecule has 4 aromatic rings. The van der Waals surface area contributed by atoms with Crippen molar-refractivity contribution in [3.8, 4) is 17.2 Å². The molecule has 2 aromatic heterocycles. The Balaban J connectivity index is 1.13. The van der Waals surface area contributed by atoms with Crippen LogP contribution in [0, 0.1) is 6.92 Å². The number of piperazine rings is 1. The number of carbonyl (C=O) groups excluding carboxylic acids is 1. The van der Waals surface area contributed by atoms with Crippen LogP contribution in [0.4, 0.5) is 0 Å². The first-order valence-electron chi connectivity index (χ1n) is 13.6. The van der Waals surface area contributed by atoms with E-state index in [0.717, 1.165) is 74.1 Å². The number of nitrogens with one attached hydrogen (secondary N) is 1. The Hall–Kier alpha value is -3.62. The van der Waals surface area contributed by atoms with Gasteiger partial charge in [0.2, 0.25) is 0 Å². The number of nitrogens with zero attached hydrogens (tertiary/aromatic N) is 3. The van der Waals surface area contributed by atoms with Crippen molar-refractivity contribution in [3.05, 3.63) is 60.0 Å². The summed E-state index contributed by atoms with van der Waals surface area (Å²) in [5, 5.41) is 4.74. The molecule has 1 amide bonds. The molecule has 1 saturated carbocycles. The minimum Gasteiger partial charge on any atom is -0.492 e. The number of pyridine rings is 1. The molecule has 6 rings (SSSR count). The Labute approximate surface area is 222 Å². The van der Waals surface area contributed by atoms with E-state index < -0.39 is 0 Å². The molecule has 1 aliphatic heterocycles. The molecule has 0 spiro atoms. The molecule has 8 nitrogen and oxygen atoms in total. The van der Waals surface area contributed by atoms with Gasteiger partial charge in [0.25, 0.3) is 5.91 Å². The maximum atomic E-state index is 12.7. The quantitative estimate of drug-likeness (QED) is 0.337. The molecule has 0 atom stereocenters. The Morgan fingerprint density at radius 1 is 1.03 bits per heavy atom. The van der Waals surface area contributed by atoms with Gasteiger partial charge in [0.05, 0.1) is 11.1 Å². The lowest BCUT2D eigenvalue weighted by Crippen LogP contribution is -2.47. The summed E-state index contributed by atoms with van der Waals surface area (Å²) in [6.07, 6.45) is 3.83. The lowest BCUT2D eigenvalue weighted by atomic mass is 10.1. The number of hydrogen-bond donors (Lipinski definition) is 1. The summed E-state index contributed by atoms with van der Waals surface area (Å²) < 4.78 is 18.2. The van der Waals surface area contributed by atoms with Gasteiger partial charge in [-0.05, 0) is 56.6 Å². The smallest absolute Gasteiger partial charge is 0.255 e. The SMILES string of the molecule is CCN1CCN(CCOc2ccc3c(Oc4ccc5c(C(=O)NC6CC6)c(C)oc5c4)ccnc3c2)CC1. The van der Waals surface area contributed by atoms with Gasteiger partial charge in [-0.25, -0.2) is 0 Å². The van der Waals surface area contributed by atoms with E-state index in [1.807, 2.05) is 49.4 Å². The highest BCUT2D eigenvalue weighted by molar-refractivity contribution is 6.07. The number of aromatic nitrogens is 1. The van der Waals surface area contributed by atoms with Crippen LogP contribution in [-0.2, 0) is 0 Å². The monoisotopic (exact) mass is 514 g/mol. The number of amides is 1. The summed E-state index contributed by atoms with van der Waals surface area (Å²) in [7, 11) is 0. The first kappa shape index (κ1) is 24.7.